The monoisotopic (exact) mass is 311 g/mol. The molecular weight excluding hydrogens is 286 g/mol. The molecule has 0 aliphatic carbocycles. The van der Waals surface area contributed by atoms with E-state index >= 15 is 0 Å². The summed E-state index contributed by atoms with van der Waals surface area (Å²) in [5.41, 5.74) is 3.14. The maximum absolute atomic E-state index is 12.7. The van der Waals surface area contributed by atoms with Gasteiger partial charge in [-0.15, -0.1) is 0 Å². The highest BCUT2D eigenvalue weighted by atomic mass is 32.2. The Labute approximate surface area is 128 Å². The number of rotatable bonds is 6. The van der Waals surface area contributed by atoms with E-state index in [1.54, 1.807) is 4.31 Å². The van der Waals surface area contributed by atoms with Gasteiger partial charge in [-0.25, -0.2) is 0 Å². The topological polar surface area (TPSA) is 52.7 Å². The van der Waals surface area contributed by atoms with Gasteiger partial charge in [0, 0.05) is 25.7 Å². The minimum atomic E-state index is -3.40. The van der Waals surface area contributed by atoms with Crippen LogP contribution in [0.15, 0.2) is 18.2 Å². The van der Waals surface area contributed by atoms with Gasteiger partial charge in [0.15, 0.2) is 0 Å². The first-order chi connectivity index (χ1) is 9.95. The molecule has 0 bridgehead atoms. The zero-order valence-corrected chi connectivity index (χ0v) is 14.1. The summed E-state index contributed by atoms with van der Waals surface area (Å²) < 4.78 is 28.4. The molecule has 6 heteroatoms. The van der Waals surface area contributed by atoms with Crippen LogP contribution in [0.2, 0.25) is 0 Å². The summed E-state index contributed by atoms with van der Waals surface area (Å²) in [6.07, 6.45) is 0.778. The third kappa shape index (κ3) is 2.93. The minimum Gasteiger partial charge on any atom is -0.313 e. The predicted molar refractivity (Wildman–Crippen MR) is 86.8 cm³/mol. The first kappa shape index (κ1) is 16.3. The van der Waals surface area contributed by atoms with Crippen LogP contribution in [0.1, 0.15) is 37.9 Å². The van der Waals surface area contributed by atoms with Crippen molar-refractivity contribution in [1.29, 1.82) is 0 Å². The highest BCUT2D eigenvalue weighted by molar-refractivity contribution is 7.90. The quantitative estimate of drug-likeness (QED) is 0.873. The molecular formula is C15H25N3O2S. The van der Waals surface area contributed by atoms with Gasteiger partial charge >= 0.3 is 10.2 Å². The SMILES string of the molecule is CCN(CC)S(=O)(=O)N1CCc2cc(C(C)NC)ccc21. The Morgan fingerprint density at radius 1 is 1.33 bits per heavy atom. The lowest BCUT2D eigenvalue weighted by molar-refractivity contribution is 0.443. The summed E-state index contributed by atoms with van der Waals surface area (Å²) in [6, 6.07) is 6.33. The average molecular weight is 311 g/mol. The molecule has 0 fully saturated rings. The lowest BCUT2D eigenvalue weighted by atomic mass is 10.0. The molecule has 1 aromatic carbocycles. The van der Waals surface area contributed by atoms with E-state index in [0.717, 1.165) is 17.7 Å². The van der Waals surface area contributed by atoms with Crippen molar-refractivity contribution >= 4 is 15.9 Å². The molecule has 21 heavy (non-hydrogen) atoms. The summed E-state index contributed by atoms with van der Waals surface area (Å²) >= 11 is 0. The van der Waals surface area contributed by atoms with Crippen LogP contribution in [-0.4, -0.2) is 39.4 Å². The summed E-state index contributed by atoms with van der Waals surface area (Å²) in [5, 5.41) is 3.21. The highest BCUT2D eigenvalue weighted by Crippen LogP contribution is 2.33. The molecule has 1 atom stereocenters. The van der Waals surface area contributed by atoms with Crippen LogP contribution >= 0.6 is 0 Å². The number of fused-ring (bicyclic) bond motifs is 1. The number of nitrogens with zero attached hydrogens (tertiary/aromatic N) is 2. The van der Waals surface area contributed by atoms with Crippen LogP contribution < -0.4 is 9.62 Å². The predicted octanol–water partition coefficient (Wildman–Crippen LogP) is 1.92. The molecule has 0 amide bonds. The van der Waals surface area contributed by atoms with E-state index in [-0.39, 0.29) is 6.04 Å². The van der Waals surface area contributed by atoms with Crippen LogP contribution in [0.4, 0.5) is 5.69 Å². The fourth-order valence-electron chi connectivity index (χ4n) is 2.76. The van der Waals surface area contributed by atoms with Crippen LogP contribution in [-0.2, 0) is 16.6 Å². The smallest absolute Gasteiger partial charge is 0.304 e. The average Bonchev–Trinajstić information content (AvgIpc) is 2.91. The molecule has 1 aliphatic heterocycles. The van der Waals surface area contributed by atoms with Crippen molar-refractivity contribution < 1.29 is 8.42 Å². The van der Waals surface area contributed by atoms with Gasteiger partial charge in [-0.1, -0.05) is 26.0 Å². The molecule has 0 saturated carbocycles. The lowest BCUT2D eigenvalue weighted by Gasteiger charge is -2.27. The van der Waals surface area contributed by atoms with Gasteiger partial charge in [0.2, 0.25) is 0 Å². The van der Waals surface area contributed by atoms with Gasteiger partial charge in [0.1, 0.15) is 0 Å². The number of hydrogen-bond acceptors (Lipinski definition) is 3. The van der Waals surface area contributed by atoms with Crippen molar-refractivity contribution in [2.24, 2.45) is 0 Å². The van der Waals surface area contributed by atoms with Crippen molar-refractivity contribution in [3.05, 3.63) is 29.3 Å². The second-order valence-electron chi connectivity index (χ2n) is 5.31. The van der Waals surface area contributed by atoms with Gasteiger partial charge in [-0.05, 0) is 37.6 Å². The Kier molecular flexibility index (Phi) is 4.91. The second kappa shape index (κ2) is 6.34. The van der Waals surface area contributed by atoms with E-state index in [4.69, 9.17) is 0 Å². The van der Waals surface area contributed by atoms with Gasteiger partial charge in [-0.2, -0.15) is 12.7 Å². The first-order valence-corrected chi connectivity index (χ1v) is 8.93. The normalized spacial score (nSPS) is 16.3. The molecule has 0 radical (unpaired) electrons. The van der Waals surface area contributed by atoms with Crippen LogP contribution in [0.3, 0.4) is 0 Å². The van der Waals surface area contributed by atoms with Gasteiger partial charge in [0.05, 0.1) is 5.69 Å². The highest BCUT2D eigenvalue weighted by Gasteiger charge is 2.33. The Morgan fingerprint density at radius 3 is 2.57 bits per heavy atom. The molecule has 118 valence electrons. The Hall–Kier alpha value is -1.11. The number of hydrogen-bond donors (Lipinski definition) is 1. The fraction of sp³-hybridized carbons (Fsp3) is 0.600. The van der Waals surface area contributed by atoms with Crippen molar-refractivity contribution in [2.45, 2.75) is 33.2 Å². The van der Waals surface area contributed by atoms with Crippen molar-refractivity contribution in [3.63, 3.8) is 0 Å². The molecule has 1 aliphatic rings. The Bertz CT molecular complexity index is 597. The standard InChI is InChI=1S/C15H25N3O2S/c1-5-17(6-2)21(19,20)18-10-9-14-11-13(12(3)16-4)7-8-15(14)18/h7-8,11-12,16H,5-6,9-10H2,1-4H3. The third-order valence-electron chi connectivity index (χ3n) is 4.20. The number of anilines is 1. The number of nitrogens with one attached hydrogen (secondary N) is 1. The largest absolute Gasteiger partial charge is 0.313 e. The van der Waals surface area contributed by atoms with Gasteiger partial charge in [0.25, 0.3) is 0 Å². The summed E-state index contributed by atoms with van der Waals surface area (Å²) in [6.45, 7) is 7.37. The van der Waals surface area contributed by atoms with Gasteiger partial charge in [-0.3, -0.25) is 4.31 Å². The Balaban J connectivity index is 2.35. The van der Waals surface area contributed by atoms with Crippen LogP contribution in [0.5, 0.6) is 0 Å². The van der Waals surface area contributed by atoms with E-state index in [9.17, 15) is 8.42 Å². The van der Waals surface area contributed by atoms with E-state index in [1.165, 1.54) is 9.87 Å². The lowest BCUT2D eigenvalue weighted by Crippen LogP contribution is -2.43. The Morgan fingerprint density at radius 2 is 2.00 bits per heavy atom. The molecule has 2 rings (SSSR count). The minimum absolute atomic E-state index is 0.267. The molecule has 1 N–H and O–H groups in total. The van der Waals surface area contributed by atoms with Crippen molar-refractivity contribution in [1.82, 2.24) is 9.62 Å². The third-order valence-corrected chi connectivity index (χ3v) is 6.30. The summed E-state index contributed by atoms with van der Waals surface area (Å²) in [7, 11) is -1.48. The van der Waals surface area contributed by atoms with E-state index in [0.29, 0.717) is 19.6 Å². The fourth-order valence-corrected chi connectivity index (χ4v) is 4.44. The summed E-state index contributed by atoms with van der Waals surface area (Å²) in [5.74, 6) is 0. The maximum atomic E-state index is 12.7. The molecule has 0 aromatic heterocycles. The van der Waals surface area contributed by atoms with Crippen LogP contribution in [0.25, 0.3) is 0 Å². The first-order valence-electron chi connectivity index (χ1n) is 7.53. The zero-order chi connectivity index (χ0) is 15.6. The second-order valence-corrected chi connectivity index (χ2v) is 7.17. The molecule has 0 spiro atoms. The molecule has 0 saturated heterocycles. The molecule has 5 nitrogen and oxygen atoms in total. The number of benzene rings is 1. The van der Waals surface area contributed by atoms with Gasteiger partial charge < -0.3 is 5.32 Å². The maximum Gasteiger partial charge on any atom is 0.304 e. The van der Waals surface area contributed by atoms with E-state index in [2.05, 4.69) is 18.3 Å². The van der Waals surface area contributed by atoms with E-state index in [1.807, 2.05) is 33.0 Å². The molecule has 1 unspecified atom stereocenters. The van der Waals surface area contributed by atoms with E-state index < -0.39 is 10.2 Å². The molecule has 1 aromatic rings. The molecule has 1 heterocycles. The zero-order valence-electron chi connectivity index (χ0n) is 13.3. The summed E-state index contributed by atoms with van der Waals surface area (Å²) in [4.78, 5) is 0. The van der Waals surface area contributed by atoms with Crippen molar-refractivity contribution in [3.8, 4) is 0 Å². The van der Waals surface area contributed by atoms with Crippen molar-refractivity contribution in [2.75, 3.05) is 31.0 Å². The van der Waals surface area contributed by atoms with Crippen LogP contribution in [0, 0.1) is 0 Å².